The number of rotatable bonds is 5. The molecule has 132 valence electrons. The molecule has 0 unspecified atom stereocenters. The van der Waals surface area contributed by atoms with Crippen molar-refractivity contribution in [2.24, 2.45) is 0 Å². The Morgan fingerprint density at radius 2 is 1.65 bits per heavy atom. The SMILES string of the molecule is CC(=O)c1ccc(Nc2nccc(Nc3ccc(F)c(F)c3F)n2)cc1. The number of nitrogens with one attached hydrogen (secondary N) is 2. The first-order valence-electron chi connectivity index (χ1n) is 7.55. The smallest absolute Gasteiger partial charge is 0.229 e. The van der Waals surface area contributed by atoms with Gasteiger partial charge in [-0.05, 0) is 49.4 Å². The van der Waals surface area contributed by atoms with Gasteiger partial charge in [-0.3, -0.25) is 4.79 Å². The second-order valence-corrected chi connectivity index (χ2v) is 5.37. The Labute approximate surface area is 146 Å². The van der Waals surface area contributed by atoms with Crippen LogP contribution in [0.15, 0.2) is 48.7 Å². The Morgan fingerprint density at radius 1 is 0.923 bits per heavy atom. The molecule has 3 aromatic rings. The minimum absolute atomic E-state index is 0.0486. The number of aromatic nitrogens is 2. The van der Waals surface area contributed by atoms with Crippen LogP contribution in [-0.4, -0.2) is 15.8 Å². The van der Waals surface area contributed by atoms with Gasteiger partial charge in [-0.25, -0.2) is 18.2 Å². The van der Waals surface area contributed by atoms with E-state index in [0.29, 0.717) is 11.3 Å². The van der Waals surface area contributed by atoms with Gasteiger partial charge in [0, 0.05) is 17.4 Å². The number of anilines is 4. The number of hydrogen-bond acceptors (Lipinski definition) is 5. The molecule has 0 atom stereocenters. The topological polar surface area (TPSA) is 66.9 Å². The van der Waals surface area contributed by atoms with Gasteiger partial charge in [0.15, 0.2) is 23.2 Å². The minimum atomic E-state index is -1.56. The van der Waals surface area contributed by atoms with Gasteiger partial charge in [0.05, 0.1) is 5.69 Å². The van der Waals surface area contributed by atoms with E-state index < -0.39 is 17.5 Å². The average molecular weight is 358 g/mol. The number of carbonyl (C=O) groups excluding carboxylic acids is 1. The van der Waals surface area contributed by atoms with Crippen molar-refractivity contribution in [3.63, 3.8) is 0 Å². The maximum Gasteiger partial charge on any atom is 0.229 e. The molecule has 3 rings (SSSR count). The summed E-state index contributed by atoms with van der Waals surface area (Å²) in [5.41, 5.74) is 0.964. The van der Waals surface area contributed by atoms with Crippen LogP contribution in [0.4, 0.5) is 36.3 Å². The number of ketones is 1. The van der Waals surface area contributed by atoms with Crippen LogP contribution in [0.5, 0.6) is 0 Å². The van der Waals surface area contributed by atoms with Gasteiger partial charge in [0.1, 0.15) is 5.82 Å². The molecule has 0 radical (unpaired) electrons. The first-order chi connectivity index (χ1) is 12.4. The summed E-state index contributed by atoms with van der Waals surface area (Å²) < 4.78 is 40.0. The molecule has 0 bridgehead atoms. The van der Waals surface area contributed by atoms with Crippen LogP contribution in [0.2, 0.25) is 0 Å². The second kappa shape index (κ2) is 7.22. The molecule has 26 heavy (non-hydrogen) atoms. The summed E-state index contributed by atoms with van der Waals surface area (Å²) in [5, 5.41) is 5.50. The zero-order valence-electron chi connectivity index (χ0n) is 13.6. The molecule has 5 nitrogen and oxygen atoms in total. The molecule has 0 spiro atoms. The molecule has 1 aromatic heterocycles. The van der Waals surface area contributed by atoms with E-state index in [9.17, 15) is 18.0 Å². The van der Waals surface area contributed by atoms with Crippen LogP contribution < -0.4 is 10.6 Å². The van der Waals surface area contributed by atoms with Crippen molar-refractivity contribution in [2.75, 3.05) is 10.6 Å². The molecule has 0 aliphatic carbocycles. The van der Waals surface area contributed by atoms with Gasteiger partial charge in [0.2, 0.25) is 5.95 Å². The van der Waals surface area contributed by atoms with Gasteiger partial charge in [-0.1, -0.05) is 0 Å². The average Bonchev–Trinajstić information content (AvgIpc) is 2.63. The standard InChI is InChI=1S/C18H13F3N4O/c1-10(26)11-2-4-12(5-3-11)23-18-22-9-8-15(25-18)24-14-7-6-13(19)16(20)17(14)21/h2-9H,1H3,(H2,22,23,24,25). The van der Waals surface area contributed by atoms with Crippen molar-refractivity contribution >= 4 is 28.9 Å². The Kier molecular flexibility index (Phi) is 4.83. The van der Waals surface area contributed by atoms with Gasteiger partial charge < -0.3 is 10.6 Å². The van der Waals surface area contributed by atoms with Crippen molar-refractivity contribution in [2.45, 2.75) is 6.92 Å². The van der Waals surface area contributed by atoms with Crippen molar-refractivity contribution in [3.8, 4) is 0 Å². The highest BCUT2D eigenvalue weighted by Gasteiger charge is 2.14. The van der Waals surface area contributed by atoms with Crippen LogP contribution in [0.25, 0.3) is 0 Å². The Hall–Kier alpha value is -3.42. The van der Waals surface area contributed by atoms with Gasteiger partial charge in [0.25, 0.3) is 0 Å². The molecule has 8 heteroatoms. The molecular weight excluding hydrogens is 345 g/mol. The van der Waals surface area contributed by atoms with Gasteiger partial charge in [-0.15, -0.1) is 0 Å². The highest BCUT2D eigenvalue weighted by Crippen LogP contribution is 2.23. The number of Topliss-reactive ketones (excluding diaryl/α,β-unsaturated/α-hetero) is 1. The fourth-order valence-electron chi connectivity index (χ4n) is 2.17. The summed E-state index contributed by atoms with van der Waals surface area (Å²) in [4.78, 5) is 19.4. The Morgan fingerprint density at radius 3 is 2.35 bits per heavy atom. The number of benzene rings is 2. The fourth-order valence-corrected chi connectivity index (χ4v) is 2.17. The van der Waals surface area contributed by atoms with E-state index in [0.717, 1.165) is 12.1 Å². The highest BCUT2D eigenvalue weighted by molar-refractivity contribution is 5.94. The lowest BCUT2D eigenvalue weighted by molar-refractivity contribution is 0.101. The minimum Gasteiger partial charge on any atom is -0.338 e. The largest absolute Gasteiger partial charge is 0.338 e. The van der Waals surface area contributed by atoms with Crippen LogP contribution in [0.3, 0.4) is 0 Å². The molecule has 2 N–H and O–H groups in total. The molecular formula is C18H13F3N4O. The normalized spacial score (nSPS) is 10.5. The molecule has 0 fully saturated rings. The van der Waals surface area contributed by atoms with Crippen LogP contribution in [-0.2, 0) is 0 Å². The maximum atomic E-state index is 13.7. The second-order valence-electron chi connectivity index (χ2n) is 5.37. The van der Waals surface area contributed by atoms with E-state index in [1.54, 1.807) is 24.3 Å². The molecule has 2 aromatic carbocycles. The van der Waals surface area contributed by atoms with Crippen molar-refractivity contribution in [1.82, 2.24) is 9.97 Å². The number of halogens is 3. The lowest BCUT2D eigenvalue weighted by Crippen LogP contribution is -2.03. The van der Waals surface area contributed by atoms with Crippen LogP contribution >= 0.6 is 0 Å². The van der Waals surface area contributed by atoms with Gasteiger partial charge >= 0.3 is 0 Å². The fraction of sp³-hybridized carbons (Fsp3) is 0.0556. The van der Waals surface area contributed by atoms with E-state index in [4.69, 9.17) is 0 Å². The van der Waals surface area contributed by atoms with E-state index in [1.165, 1.54) is 19.2 Å². The molecule has 1 heterocycles. The summed E-state index contributed by atoms with van der Waals surface area (Å²) in [7, 11) is 0. The van der Waals surface area contributed by atoms with Gasteiger partial charge in [-0.2, -0.15) is 4.98 Å². The highest BCUT2D eigenvalue weighted by atomic mass is 19.2. The Balaban J connectivity index is 1.78. The zero-order valence-corrected chi connectivity index (χ0v) is 13.6. The number of hydrogen-bond donors (Lipinski definition) is 2. The first-order valence-corrected chi connectivity index (χ1v) is 7.55. The lowest BCUT2D eigenvalue weighted by Gasteiger charge is -2.10. The van der Waals surface area contributed by atoms with E-state index in [-0.39, 0.29) is 23.2 Å². The maximum absolute atomic E-state index is 13.7. The van der Waals surface area contributed by atoms with E-state index in [2.05, 4.69) is 20.6 Å². The van der Waals surface area contributed by atoms with E-state index >= 15 is 0 Å². The lowest BCUT2D eigenvalue weighted by atomic mass is 10.1. The first kappa shape index (κ1) is 17.4. The molecule has 0 saturated carbocycles. The predicted molar refractivity (Wildman–Crippen MR) is 91.4 cm³/mol. The zero-order chi connectivity index (χ0) is 18.7. The quantitative estimate of drug-likeness (QED) is 0.516. The molecule has 0 aliphatic rings. The number of carbonyl (C=O) groups is 1. The van der Waals surface area contributed by atoms with Crippen molar-refractivity contribution in [1.29, 1.82) is 0 Å². The van der Waals surface area contributed by atoms with Crippen LogP contribution in [0.1, 0.15) is 17.3 Å². The van der Waals surface area contributed by atoms with E-state index in [1.807, 2.05) is 0 Å². The van der Waals surface area contributed by atoms with Crippen LogP contribution in [0, 0.1) is 17.5 Å². The van der Waals surface area contributed by atoms with Crippen molar-refractivity contribution in [3.05, 3.63) is 71.7 Å². The summed E-state index contributed by atoms with van der Waals surface area (Å²) >= 11 is 0. The Bertz CT molecular complexity index is 961. The molecule has 0 amide bonds. The molecule has 0 aliphatic heterocycles. The third-order valence-corrected chi connectivity index (χ3v) is 3.50. The van der Waals surface area contributed by atoms with Crippen molar-refractivity contribution < 1.29 is 18.0 Å². The summed E-state index contributed by atoms with van der Waals surface area (Å²) in [6, 6.07) is 10.0. The monoisotopic (exact) mass is 358 g/mol. The third kappa shape index (κ3) is 3.80. The predicted octanol–water partition coefficient (Wildman–Crippen LogP) is 4.58. The summed E-state index contributed by atoms with van der Waals surface area (Å²) in [6.07, 6.45) is 1.42. The third-order valence-electron chi connectivity index (χ3n) is 3.50. The summed E-state index contributed by atoms with van der Waals surface area (Å²) in [6.45, 7) is 1.47. The summed E-state index contributed by atoms with van der Waals surface area (Å²) in [5.74, 6) is -3.83. The molecule has 0 saturated heterocycles. The number of nitrogens with zero attached hydrogens (tertiary/aromatic N) is 2.